The van der Waals surface area contributed by atoms with Crippen LogP contribution >= 0.6 is 15.9 Å². The Labute approximate surface area is 219 Å². The molecule has 4 heterocycles. The summed E-state index contributed by atoms with van der Waals surface area (Å²) in [6.45, 7) is 8.10. The second-order valence-corrected chi connectivity index (χ2v) is 12.0. The van der Waals surface area contributed by atoms with Gasteiger partial charge < -0.3 is 14.9 Å². The summed E-state index contributed by atoms with van der Waals surface area (Å²) in [6, 6.07) is 8.68. The van der Waals surface area contributed by atoms with Gasteiger partial charge in [-0.05, 0) is 75.6 Å². The number of aromatic nitrogens is 5. The van der Waals surface area contributed by atoms with Crippen LogP contribution in [-0.2, 0) is 4.79 Å². The molecule has 1 aliphatic carbocycles. The van der Waals surface area contributed by atoms with E-state index in [0.29, 0.717) is 23.4 Å². The number of benzene rings is 1. The molecule has 2 aliphatic heterocycles. The second kappa shape index (κ2) is 9.06. The first kappa shape index (κ1) is 23.8. The molecule has 1 N–H and O–H groups in total. The van der Waals surface area contributed by atoms with E-state index < -0.39 is 11.4 Å². The molecule has 0 radical (unpaired) electrons. The van der Waals surface area contributed by atoms with Crippen molar-refractivity contribution in [3.63, 3.8) is 0 Å². The van der Waals surface area contributed by atoms with Gasteiger partial charge in [0, 0.05) is 30.1 Å². The minimum Gasteiger partial charge on any atom is -0.481 e. The number of hydrogen-bond donors (Lipinski definition) is 1. The van der Waals surface area contributed by atoms with Crippen LogP contribution in [0.15, 0.2) is 34.9 Å². The van der Waals surface area contributed by atoms with Gasteiger partial charge in [0.1, 0.15) is 0 Å². The summed E-state index contributed by atoms with van der Waals surface area (Å²) in [5, 5.41) is 18.1. The van der Waals surface area contributed by atoms with Crippen LogP contribution < -0.4 is 4.90 Å². The van der Waals surface area contributed by atoms with E-state index in [1.54, 1.807) is 6.20 Å². The number of carboxylic acid groups (broad SMARTS) is 1. The number of hydrogen-bond acceptors (Lipinski definition) is 7. The van der Waals surface area contributed by atoms with Gasteiger partial charge in [-0.3, -0.25) is 4.79 Å². The summed E-state index contributed by atoms with van der Waals surface area (Å²) in [5.41, 5.74) is 2.08. The second-order valence-electron chi connectivity index (χ2n) is 11.1. The molecule has 3 aromatic rings. The lowest BCUT2D eigenvalue weighted by atomic mass is 9.65. The number of anilines is 1. The summed E-state index contributed by atoms with van der Waals surface area (Å²) in [6.07, 6.45) is 5.78. The third kappa shape index (κ3) is 4.18. The van der Waals surface area contributed by atoms with Gasteiger partial charge in [-0.15, -0.1) is 5.10 Å². The topological polar surface area (TPSA) is 100 Å². The van der Waals surface area contributed by atoms with Crippen LogP contribution in [-0.4, -0.2) is 73.2 Å². The summed E-state index contributed by atoms with van der Waals surface area (Å²) in [4.78, 5) is 25.8. The number of fused-ring (bicyclic) bond motifs is 1. The standard InChI is InChI=1S/C26H32BrN7O2/c1-16(17-5-7-20(27)8-6-17)34-23-22(30-31-34)12-28-25(29-23)33-14-19(15-33)18-4-3-9-32(13-18)21-10-26(2,11-21)24(35)36/h5-8,12,16,18-19,21H,3-4,9-11,13-15H2,1-2H3,(H,35,36)/t16-,18+,21?,26?/m1/s1. The molecule has 1 aromatic carbocycles. The molecule has 0 amide bonds. The highest BCUT2D eigenvalue weighted by Crippen LogP contribution is 2.45. The fourth-order valence-corrected chi connectivity index (χ4v) is 6.44. The van der Waals surface area contributed by atoms with Crippen molar-refractivity contribution in [3.8, 4) is 0 Å². The minimum atomic E-state index is -0.651. The maximum atomic E-state index is 11.5. The molecule has 2 atom stereocenters. The third-order valence-electron chi connectivity index (χ3n) is 8.68. The molecule has 2 aromatic heterocycles. The monoisotopic (exact) mass is 553 g/mol. The van der Waals surface area contributed by atoms with Crippen LogP contribution in [0.5, 0.6) is 0 Å². The molecule has 190 valence electrons. The molecule has 2 saturated heterocycles. The quantitative estimate of drug-likeness (QED) is 0.489. The Kier molecular flexibility index (Phi) is 5.99. The van der Waals surface area contributed by atoms with E-state index in [1.165, 1.54) is 12.8 Å². The lowest BCUT2D eigenvalue weighted by Crippen LogP contribution is -2.58. The fraction of sp³-hybridized carbons (Fsp3) is 0.577. The summed E-state index contributed by atoms with van der Waals surface area (Å²) in [5.74, 6) is 1.37. The van der Waals surface area contributed by atoms with Gasteiger partial charge in [-0.2, -0.15) is 4.98 Å². The van der Waals surface area contributed by atoms with Crippen molar-refractivity contribution in [1.29, 1.82) is 0 Å². The Bertz CT molecular complexity index is 1270. The van der Waals surface area contributed by atoms with Crippen LogP contribution in [0.4, 0.5) is 5.95 Å². The van der Waals surface area contributed by atoms with Crippen LogP contribution in [0.3, 0.4) is 0 Å². The van der Waals surface area contributed by atoms with Gasteiger partial charge in [-0.25, -0.2) is 9.67 Å². The molecule has 10 heteroatoms. The zero-order valence-electron chi connectivity index (χ0n) is 20.7. The van der Waals surface area contributed by atoms with Crippen molar-refractivity contribution < 1.29 is 9.90 Å². The van der Waals surface area contributed by atoms with Crippen LogP contribution in [0.1, 0.15) is 51.1 Å². The maximum absolute atomic E-state index is 11.5. The lowest BCUT2D eigenvalue weighted by molar-refractivity contribution is -0.158. The number of nitrogens with zero attached hydrogens (tertiary/aromatic N) is 7. The van der Waals surface area contributed by atoms with E-state index in [9.17, 15) is 9.90 Å². The Hall–Kier alpha value is -2.59. The molecule has 36 heavy (non-hydrogen) atoms. The summed E-state index contributed by atoms with van der Waals surface area (Å²) >= 11 is 3.50. The van der Waals surface area contributed by atoms with Crippen LogP contribution in [0.25, 0.3) is 11.2 Å². The lowest BCUT2D eigenvalue weighted by Gasteiger charge is -2.52. The number of aliphatic carboxylic acids is 1. The molecule has 1 saturated carbocycles. The third-order valence-corrected chi connectivity index (χ3v) is 9.20. The molecule has 0 bridgehead atoms. The summed E-state index contributed by atoms with van der Waals surface area (Å²) < 4.78 is 2.93. The van der Waals surface area contributed by atoms with E-state index in [4.69, 9.17) is 4.98 Å². The van der Waals surface area contributed by atoms with Gasteiger partial charge in [0.25, 0.3) is 0 Å². The SMILES string of the molecule is C[C@H](c1ccc(Br)cc1)n1nnc2cnc(N3CC([C@H]4CCCN(C5CC(C)(C(=O)O)C5)C4)C3)nc21. The van der Waals surface area contributed by atoms with Gasteiger partial charge in [0.05, 0.1) is 17.7 Å². The molecule has 3 fully saturated rings. The number of piperidine rings is 1. The average molecular weight is 554 g/mol. The highest BCUT2D eigenvalue weighted by molar-refractivity contribution is 9.10. The van der Waals surface area contributed by atoms with Gasteiger partial charge in [-0.1, -0.05) is 33.3 Å². The van der Waals surface area contributed by atoms with Gasteiger partial charge >= 0.3 is 5.97 Å². The number of likely N-dealkylation sites (tertiary alicyclic amines) is 1. The highest BCUT2D eigenvalue weighted by Gasteiger charge is 2.49. The number of rotatable bonds is 6. The molecular weight excluding hydrogens is 522 g/mol. The van der Waals surface area contributed by atoms with Crippen molar-refractivity contribution in [2.24, 2.45) is 17.3 Å². The average Bonchev–Trinajstić information content (AvgIpc) is 3.24. The molecule has 0 unspecified atom stereocenters. The van der Waals surface area contributed by atoms with Crippen LogP contribution in [0, 0.1) is 17.3 Å². The van der Waals surface area contributed by atoms with Crippen molar-refractivity contribution in [2.75, 3.05) is 31.1 Å². The molecular formula is C26H32BrN7O2. The summed E-state index contributed by atoms with van der Waals surface area (Å²) in [7, 11) is 0. The molecule has 9 nitrogen and oxygen atoms in total. The Morgan fingerprint density at radius 2 is 1.92 bits per heavy atom. The minimum absolute atomic E-state index is 0.0118. The Balaban J connectivity index is 1.10. The number of halogens is 1. The Morgan fingerprint density at radius 1 is 1.17 bits per heavy atom. The van der Waals surface area contributed by atoms with Gasteiger partial charge in [0.15, 0.2) is 11.2 Å². The fourth-order valence-electron chi connectivity index (χ4n) is 6.18. The molecule has 6 rings (SSSR count). The van der Waals surface area contributed by atoms with Crippen molar-refractivity contribution in [3.05, 3.63) is 40.5 Å². The van der Waals surface area contributed by atoms with E-state index in [1.807, 2.05) is 23.7 Å². The predicted molar refractivity (Wildman–Crippen MR) is 140 cm³/mol. The first-order chi connectivity index (χ1) is 17.3. The Morgan fingerprint density at radius 3 is 2.64 bits per heavy atom. The van der Waals surface area contributed by atoms with E-state index in [0.717, 1.165) is 60.7 Å². The van der Waals surface area contributed by atoms with Crippen molar-refractivity contribution >= 4 is 39.0 Å². The molecule has 0 spiro atoms. The largest absolute Gasteiger partial charge is 0.481 e. The van der Waals surface area contributed by atoms with E-state index in [2.05, 4.69) is 60.1 Å². The smallest absolute Gasteiger partial charge is 0.309 e. The van der Waals surface area contributed by atoms with Crippen molar-refractivity contribution in [1.82, 2.24) is 29.9 Å². The predicted octanol–water partition coefficient (Wildman–Crippen LogP) is 3.99. The van der Waals surface area contributed by atoms with E-state index >= 15 is 0 Å². The van der Waals surface area contributed by atoms with Gasteiger partial charge in [0.2, 0.25) is 5.95 Å². The zero-order chi connectivity index (χ0) is 25.0. The normalized spacial score (nSPS) is 28.0. The number of carboxylic acids is 1. The van der Waals surface area contributed by atoms with Crippen molar-refractivity contribution in [2.45, 2.75) is 51.6 Å². The van der Waals surface area contributed by atoms with E-state index in [-0.39, 0.29) is 6.04 Å². The first-order valence-corrected chi connectivity index (χ1v) is 13.7. The first-order valence-electron chi connectivity index (χ1n) is 12.9. The zero-order valence-corrected chi connectivity index (χ0v) is 22.3. The number of carbonyl (C=O) groups is 1. The molecule has 3 aliphatic rings. The highest BCUT2D eigenvalue weighted by atomic mass is 79.9. The maximum Gasteiger partial charge on any atom is 0.309 e. The van der Waals surface area contributed by atoms with Crippen LogP contribution in [0.2, 0.25) is 0 Å².